The van der Waals surface area contributed by atoms with Gasteiger partial charge in [0.1, 0.15) is 11.9 Å². The van der Waals surface area contributed by atoms with Crippen molar-refractivity contribution in [3.8, 4) is 0 Å². The first-order valence-corrected chi connectivity index (χ1v) is 9.56. The molecule has 0 radical (unpaired) electrons. The molecular formula is C19H24ClFN2O2. The molecule has 4 nitrogen and oxygen atoms in total. The molecule has 1 aromatic carbocycles. The molecule has 3 saturated heterocycles. The highest BCUT2D eigenvalue weighted by Gasteiger charge is 2.35. The normalized spacial score (nSPS) is 32.0. The van der Waals surface area contributed by atoms with Crippen LogP contribution in [0.3, 0.4) is 0 Å². The lowest BCUT2D eigenvalue weighted by Gasteiger charge is -2.35. The van der Waals surface area contributed by atoms with Crippen LogP contribution in [0.1, 0.15) is 43.8 Å². The molecule has 3 aliphatic rings. The summed E-state index contributed by atoms with van der Waals surface area (Å²) in [7, 11) is 0. The number of nitrogens with zero attached hydrogens (tertiary/aromatic N) is 1. The van der Waals surface area contributed by atoms with Gasteiger partial charge in [0, 0.05) is 25.0 Å². The van der Waals surface area contributed by atoms with E-state index in [0.29, 0.717) is 44.1 Å². The summed E-state index contributed by atoms with van der Waals surface area (Å²) in [6.07, 6.45) is 5.12. The fraction of sp³-hybridized carbons (Fsp3) is 0.632. The third-order valence-corrected chi connectivity index (χ3v) is 6.06. The van der Waals surface area contributed by atoms with Gasteiger partial charge in [-0.1, -0.05) is 17.7 Å². The van der Waals surface area contributed by atoms with Gasteiger partial charge in [-0.3, -0.25) is 4.79 Å². The number of ether oxygens (including phenoxy) is 1. The van der Waals surface area contributed by atoms with Gasteiger partial charge in [0.2, 0.25) is 5.91 Å². The summed E-state index contributed by atoms with van der Waals surface area (Å²) in [6.45, 7) is 1.64. The predicted octanol–water partition coefficient (Wildman–Crippen LogP) is 3.30. The molecule has 0 spiro atoms. The minimum absolute atomic E-state index is 0.0923. The van der Waals surface area contributed by atoms with Gasteiger partial charge in [-0.15, -0.1) is 0 Å². The van der Waals surface area contributed by atoms with Gasteiger partial charge in [0.15, 0.2) is 0 Å². The molecule has 0 aliphatic carbocycles. The van der Waals surface area contributed by atoms with Gasteiger partial charge in [-0.2, -0.15) is 0 Å². The van der Waals surface area contributed by atoms with Crippen molar-refractivity contribution in [2.45, 2.75) is 50.3 Å². The van der Waals surface area contributed by atoms with Gasteiger partial charge in [0.05, 0.1) is 18.2 Å². The second-order valence-electron chi connectivity index (χ2n) is 7.55. The van der Waals surface area contributed by atoms with Crippen molar-refractivity contribution in [2.24, 2.45) is 5.92 Å². The van der Waals surface area contributed by atoms with E-state index in [-0.39, 0.29) is 17.0 Å². The van der Waals surface area contributed by atoms with Gasteiger partial charge in [0.25, 0.3) is 0 Å². The lowest BCUT2D eigenvalue weighted by Crippen LogP contribution is -2.44. The largest absolute Gasteiger partial charge is 0.370 e. The van der Waals surface area contributed by atoms with E-state index in [1.807, 2.05) is 4.90 Å². The minimum atomic E-state index is -0.435. The maximum absolute atomic E-state index is 13.4. The van der Waals surface area contributed by atoms with Crippen LogP contribution in [-0.4, -0.2) is 42.6 Å². The van der Waals surface area contributed by atoms with Crippen LogP contribution in [0.5, 0.6) is 0 Å². The third-order valence-electron chi connectivity index (χ3n) is 5.77. The van der Waals surface area contributed by atoms with Crippen LogP contribution in [0.25, 0.3) is 0 Å². The SMILES string of the molecule is O=C(CC1CC2CCC(C1)N2)N1CCOC(c2ccc(F)c(Cl)c2)C1. The van der Waals surface area contributed by atoms with E-state index in [1.54, 1.807) is 12.1 Å². The number of piperidine rings is 1. The summed E-state index contributed by atoms with van der Waals surface area (Å²) in [4.78, 5) is 14.7. The highest BCUT2D eigenvalue weighted by Crippen LogP contribution is 2.33. The zero-order valence-corrected chi connectivity index (χ0v) is 15.0. The van der Waals surface area contributed by atoms with Crippen LogP contribution in [-0.2, 0) is 9.53 Å². The number of hydrogen-bond donors (Lipinski definition) is 1. The molecule has 3 atom stereocenters. The van der Waals surface area contributed by atoms with E-state index in [9.17, 15) is 9.18 Å². The summed E-state index contributed by atoms with van der Waals surface area (Å²) in [6, 6.07) is 5.85. The van der Waals surface area contributed by atoms with Crippen molar-refractivity contribution >= 4 is 17.5 Å². The Morgan fingerprint density at radius 1 is 1.32 bits per heavy atom. The van der Waals surface area contributed by atoms with Gasteiger partial charge >= 0.3 is 0 Å². The maximum atomic E-state index is 13.4. The third kappa shape index (κ3) is 3.83. The van der Waals surface area contributed by atoms with Crippen molar-refractivity contribution < 1.29 is 13.9 Å². The zero-order valence-electron chi connectivity index (χ0n) is 14.2. The number of carbonyl (C=O) groups is 1. The smallest absolute Gasteiger partial charge is 0.223 e. The molecule has 3 fully saturated rings. The first-order valence-electron chi connectivity index (χ1n) is 9.19. The van der Waals surface area contributed by atoms with Crippen LogP contribution in [0.4, 0.5) is 4.39 Å². The Bertz CT molecular complexity index is 644. The fourth-order valence-electron chi connectivity index (χ4n) is 4.51. The van der Waals surface area contributed by atoms with Crippen LogP contribution in [0.2, 0.25) is 5.02 Å². The lowest BCUT2D eigenvalue weighted by molar-refractivity contribution is -0.140. The van der Waals surface area contributed by atoms with Crippen molar-refractivity contribution in [3.63, 3.8) is 0 Å². The second kappa shape index (κ2) is 7.22. The standard InChI is InChI=1S/C19H24ClFN2O2/c20-16-10-13(1-4-17(16)21)18-11-23(5-6-25-18)19(24)9-12-7-14-2-3-15(8-12)22-14/h1,4,10,12,14-15,18,22H,2-3,5-9,11H2. The lowest BCUT2D eigenvalue weighted by atomic mass is 9.89. The second-order valence-corrected chi connectivity index (χ2v) is 7.96. The van der Waals surface area contributed by atoms with Gasteiger partial charge in [-0.25, -0.2) is 4.39 Å². The number of amides is 1. The summed E-state index contributed by atoms with van der Waals surface area (Å²) in [5, 5.41) is 3.72. The quantitative estimate of drug-likeness (QED) is 0.892. The van der Waals surface area contributed by atoms with Crippen molar-refractivity contribution in [1.29, 1.82) is 0 Å². The highest BCUT2D eigenvalue weighted by atomic mass is 35.5. The molecule has 1 N–H and O–H groups in total. The fourth-order valence-corrected chi connectivity index (χ4v) is 4.70. The maximum Gasteiger partial charge on any atom is 0.223 e. The predicted molar refractivity (Wildman–Crippen MR) is 94.0 cm³/mol. The monoisotopic (exact) mass is 366 g/mol. The molecule has 3 heterocycles. The average molecular weight is 367 g/mol. The number of rotatable bonds is 3. The van der Waals surface area contributed by atoms with Crippen molar-refractivity contribution in [2.75, 3.05) is 19.7 Å². The van der Waals surface area contributed by atoms with E-state index in [4.69, 9.17) is 16.3 Å². The molecule has 3 unspecified atom stereocenters. The minimum Gasteiger partial charge on any atom is -0.370 e. The Kier molecular flexibility index (Phi) is 4.98. The van der Waals surface area contributed by atoms with Gasteiger partial charge in [-0.05, 0) is 49.3 Å². The summed E-state index contributed by atoms with van der Waals surface area (Å²) in [5.74, 6) is 0.273. The zero-order chi connectivity index (χ0) is 17.4. The Morgan fingerprint density at radius 2 is 2.08 bits per heavy atom. The summed E-state index contributed by atoms with van der Waals surface area (Å²) < 4.78 is 19.1. The van der Waals surface area contributed by atoms with E-state index in [2.05, 4.69) is 5.32 Å². The number of halogens is 2. The Hall–Kier alpha value is -1.17. The first kappa shape index (κ1) is 17.3. The number of benzene rings is 1. The van der Waals surface area contributed by atoms with Crippen molar-refractivity contribution in [1.82, 2.24) is 10.2 Å². The molecule has 3 aliphatic heterocycles. The van der Waals surface area contributed by atoms with Gasteiger partial charge < -0.3 is 15.0 Å². The van der Waals surface area contributed by atoms with E-state index < -0.39 is 5.82 Å². The van der Waals surface area contributed by atoms with E-state index in [1.165, 1.54) is 18.9 Å². The number of carbonyl (C=O) groups excluding carboxylic acids is 1. The topological polar surface area (TPSA) is 41.6 Å². The summed E-state index contributed by atoms with van der Waals surface area (Å²) >= 11 is 5.88. The van der Waals surface area contributed by atoms with Crippen LogP contribution in [0.15, 0.2) is 18.2 Å². The molecule has 4 rings (SSSR count). The molecule has 1 amide bonds. The number of morpholine rings is 1. The van der Waals surface area contributed by atoms with E-state index >= 15 is 0 Å². The van der Waals surface area contributed by atoms with Crippen LogP contribution >= 0.6 is 11.6 Å². The highest BCUT2D eigenvalue weighted by molar-refractivity contribution is 6.30. The molecule has 2 bridgehead atoms. The Labute approximate surface area is 152 Å². The van der Waals surface area contributed by atoms with Crippen LogP contribution < -0.4 is 5.32 Å². The van der Waals surface area contributed by atoms with E-state index in [0.717, 1.165) is 18.4 Å². The number of fused-ring (bicyclic) bond motifs is 2. The molecular weight excluding hydrogens is 343 g/mol. The van der Waals surface area contributed by atoms with Crippen LogP contribution in [0, 0.1) is 11.7 Å². The molecule has 0 aromatic heterocycles. The molecule has 1 aromatic rings. The molecule has 25 heavy (non-hydrogen) atoms. The number of hydrogen-bond acceptors (Lipinski definition) is 3. The average Bonchev–Trinajstić information content (AvgIpc) is 2.96. The molecule has 6 heteroatoms. The Balaban J connectivity index is 1.37. The molecule has 136 valence electrons. The van der Waals surface area contributed by atoms with Crippen molar-refractivity contribution in [3.05, 3.63) is 34.6 Å². The summed E-state index contributed by atoms with van der Waals surface area (Å²) in [5.41, 5.74) is 0.823. The first-order chi connectivity index (χ1) is 12.1. The Morgan fingerprint density at radius 3 is 2.80 bits per heavy atom. The number of nitrogens with one attached hydrogen (secondary N) is 1. The molecule has 0 saturated carbocycles.